The van der Waals surface area contributed by atoms with Crippen molar-refractivity contribution < 1.29 is 17.1 Å². The van der Waals surface area contributed by atoms with E-state index in [-0.39, 0.29) is 17.1 Å². The molecule has 0 aliphatic heterocycles. The molecule has 0 aliphatic carbocycles. The van der Waals surface area contributed by atoms with Gasteiger partial charge in [0.15, 0.2) is 0 Å². The van der Waals surface area contributed by atoms with E-state index in [1.807, 2.05) is 13.1 Å². The van der Waals surface area contributed by atoms with Crippen LogP contribution in [0, 0.1) is 6.92 Å². The van der Waals surface area contributed by atoms with Crippen LogP contribution in [0.5, 0.6) is 0 Å². The normalized spacial score (nSPS) is 9.27. The molecule has 11 heavy (non-hydrogen) atoms. The molecule has 0 aliphatic rings. The Labute approximate surface area is 78.3 Å². The van der Waals surface area contributed by atoms with Gasteiger partial charge in [0.1, 0.15) is 5.82 Å². The molecule has 1 aromatic rings. The van der Waals surface area contributed by atoms with Crippen LogP contribution in [-0.2, 0) is 23.5 Å². The maximum absolute atomic E-state index is 4.29. The number of imidazole rings is 1. The van der Waals surface area contributed by atoms with E-state index >= 15 is 0 Å². The number of H-pyrrole nitrogens is 1. The molecule has 1 heterocycles. The Morgan fingerprint density at radius 2 is 2.27 bits per heavy atom. The summed E-state index contributed by atoms with van der Waals surface area (Å²) in [6.45, 7) is 4.18. The van der Waals surface area contributed by atoms with Gasteiger partial charge in [-0.05, 0) is 19.8 Å². The van der Waals surface area contributed by atoms with Gasteiger partial charge in [0.2, 0.25) is 0 Å². The Bertz CT molecular complexity index is 196. The van der Waals surface area contributed by atoms with Crippen molar-refractivity contribution in [3.05, 3.63) is 17.7 Å². The standard InChI is InChI=1S/C8H14N2.Fe/c1-3-4-5-8-6-9-7(2)10-8;/h6H,3-5H2,1-2H3,(H,9,10);. The zero-order valence-electron chi connectivity index (χ0n) is 7.00. The monoisotopic (exact) mass is 194 g/mol. The minimum Gasteiger partial charge on any atom is -0.349 e. The molecule has 1 aromatic heterocycles. The molecule has 0 spiro atoms. The van der Waals surface area contributed by atoms with Crippen molar-refractivity contribution in [1.82, 2.24) is 9.97 Å². The average molecular weight is 194 g/mol. The molecule has 0 saturated carbocycles. The number of aromatic nitrogens is 2. The number of nitrogens with zero attached hydrogens (tertiary/aromatic N) is 1. The first-order chi connectivity index (χ1) is 4.83. The number of hydrogen-bond acceptors (Lipinski definition) is 1. The van der Waals surface area contributed by atoms with Crippen molar-refractivity contribution in [2.45, 2.75) is 33.1 Å². The predicted octanol–water partition coefficient (Wildman–Crippen LogP) is 2.06. The summed E-state index contributed by atoms with van der Waals surface area (Å²) in [6.07, 6.45) is 5.59. The molecule has 1 rings (SSSR count). The predicted molar refractivity (Wildman–Crippen MR) is 41.9 cm³/mol. The molecule has 3 heteroatoms. The number of nitrogens with one attached hydrogen (secondary N) is 1. The van der Waals surface area contributed by atoms with E-state index < -0.39 is 0 Å². The summed E-state index contributed by atoms with van der Waals surface area (Å²) in [5.41, 5.74) is 1.19. The van der Waals surface area contributed by atoms with Crippen LogP contribution in [0.15, 0.2) is 6.20 Å². The second kappa shape index (κ2) is 5.39. The summed E-state index contributed by atoms with van der Waals surface area (Å²) in [7, 11) is 0. The summed E-state index contributed by atoms with van der Waals surface area (Å²) in [6, 6.07) is 0. The summed E-state index contributed by atoms with van der Waals surface area (Å²) >= 11 is 0. The molecular formula is C8H14FeN2. The van der Waals surface area contributed by atoms with Gasteiger partial charge in [-0.3, -0.25) is 0 Å². The second-order valence-corrected chi connectivity index (χ2v) is 2.58. The van der Waals surface area contributed by atoms with Gasteiger partial charge in [0, 0.05) is 23.3 Å². The van der Waals surface area contributed by atoms with Gasteiger partial charge in [-0.25, -0.2) is 4.98 Å². The Morgan fingerprint density at radius 3 is 2.73 bits per heavy atom. The third kappa shape index (κ3) is 3.59. The molecule has 0 aromatic carbocycles. The minimum atomic E-state index is 0. The summed E-state index contributed by atoms with van der Waals surface area (Å²) in [4.78, 5) is 7.36. The van der Waals surface area contributed by atoms with E-state index in [4.69, 9.17) is 0 Å². The fourth-order valence-electron chi connectivity index (χ4n) is 0.954. The van der Waals surface area contributed by atoms with E-state index in [9.17, 15) is 0 Å². The fraction of sp³-hybridized carbons (Fsp3) is 0.625. The van der Waals surface area contributed by atoms with Crippen LogP contribution >= 0.6 is 0 Å². The molecular weight excluding hydrogens is 180 g/mol. The first kappa shape index (κ1) is 10.7. The fourth-order valence-corrected chi connectivity index (χ4v) is 0.954. The topological polar surface area (TPSA) is 28.7 Å². The van der Waals surface area contributed by atoms with Crippen LogP contribution in [-0.4, -0.2) is 9.97 Å². The van der Waals surface area contributed by atoms with Gasteiger partial charge in [0.05, 0.1) is 5.69 Å². The first-order valence-corrected chi connectivity index (χ1v) is 3.84. The minimum absolute atomic E-state index is 0. The van der Waals surface area contributed by atoms with Crippen molar-refractivity contribution in [2.24, 2.45) is 0 Å². The van der Waals surface area contributed by atoms with Crippen molar-refractivity contribution in [3.63, 3.8) is 0 Å². The van der Waals surface area contributed by atoms with E-state index in [2.05, 4.69) is 16.9 Å². The maximum Gasteiger partial charge on any atom is 0.103 e. The zero-order chi connectivity index (χ0) is 7.40. The number of hydrogen-bond donors (Lipinski definition) is 1. The van der Waals surface area contributed by atoms with E-state index in [1.54, 1.807) is 0 Å². The van der Waals surface area contributed by atoms with Crippen LogP contribution in [0.2, 0.25) is 0 Å². The SMILES string of the molecule is CCCCc1c[nH]c(C)n1.[Fe]. The molecule has 2 nitrogen and oxygen atoms in total. The largest absolute Gasteiger partial charge is 0.349 e. The van der Waals surface area contributed by atoms with Crippen LogP contribution in [0.25, 0.3) is 0 Å². The van der Waals surface area contributed by atoms with E-state index in [0.29, 0.717) is 0 Å². The molecule has 1 N–H and O–H groups in total. The molecule has 0 saturated heterocycles. The smallest absolute Gasteiger partial charge is 0.103 e. The Hall–Kier alpha value is -0.271. The van der Waals surface area contributed by atoms with Crippen LogP contribution < -0.4 is 0 Å². The van der Waals surface area contributed by atoms with Crippen molar-refractivity contribution in [3.8, 4) is 0 Å². The molecule has 0 amide bonds. The van der Waals surface area contributed by atoms with Crippen LogP contribution in [0.1, 0.15) is 31.3 Å². The number of aryl methyl sites for hydroxylation is 2. The molecule has 0 fully saturated rings. The van der Waals surface area contributed by atoms with E-state index in [1.165, 1.54) is 18.5 Å². The van der Waals surface area contributed by atoms with Crippen molar-refractivity contribution >= 4 is 0 Å². The number of rotatable bonds is 3. The van der Waals surface area contributed by atoms with Gasteiger partial charge < -0.3 is 4.98 Å². The maximum atomic E-state index is 4.29. The number of aromatic amines is 1. The third-order valence-corrected chi connectivity index (χ3v) is 1.55. The quantitative estimate of drug-likeness (QED) is 0.733. The van der Waals surface area contributed by atoms with Gasteiger partial charge in [-0.2, -0.15) is 0 Å². The second-order valence-electron chi connectivity index (χ2n) is 2.58. The van der Waals surface area contributed by atoms with Crippen molar-refractivity contribution in [1.29, 1.82) is 0 Å². The van der Waals surface area contributed by atoms with E-state index in [0.717, 1.165) is 12.2 Å². The Kier molecular flexibility index (Phi) is 5.26. The Morgan fingerprint density at radius 1 is 1.55 bits per heavy atom. The van der Waals surface area contributed by atoms with Gasteiger partial charge in [-0.15, -0.1) is 0 Å². The van der Waals surface area contributed by atoms with Crippen molar-refractivity contribution in [2.75, 3.05) is 0 Å². The van der Waals surface area contributed by atoms with Crippen LogP contribution in [0.3, 0.4) is 0 Å². The van der Waals surface area contributed by atoms with Gasteiger partial charge >= 0.3 is 0 Å². The van der Waals surface area contributed by atoms with Crippen LogP contribution in [0.4, 0.5) is 0 Å². The van der Waals surface area contributed by atoms with Gasteiger partial charge in [-0.1, -0.05) is 13.3 Å². The third-order valence-electron chi connectivity index (χ3n) is 1.55. The number of unbranched alkanes of at least 4 members (excludes halogenated alkanes) is 1. The average Bonchev–Trinajstić information content (AvgIpc) is 2.31. The first-order valence-electron chi connectivity index (χ1n) is 3.84. The summed E-state index contributed by atoms with van der Waals surface area (Å²) in [5, 5.41) is 0. The molecule has 0 atom stereocenters. The summed E-state index contributed by atoms with van der Waals surface area (Å²) < 4.78 is 0. The molecule has 64 valence electrons. The molecule has 0 bridgehead atoms. The zero-order valence-corrected chi connectivity index (χ0v) is 8.10. The molecule has 0 unspecified atom stereocenters. The van der Waals surface area contributed by atoms with Gasteiger partial charge in [0.25, 0.3) is 0 Å². The Balaban J connectivity index is 0.000001000. The molecule has 0 radical (unpaired) electrons. The summed E-state index contributed by atoms with van der Waals surface area (Å²) in [5.74, 6) is 1.02.